The molecule has 26 heavy (non-hydrogen) atoms. The van der Waals surface area contributed by atoms with E-state index >= 15 is 0 Å². The van der Waals surface area contributed by atoms with Crippen LogP contribution in [0.4, 0.5) is 5.13 Å². The van der Waals surface area contributed by atoms with Crippen molar-refractivity contribution >= 4 is 32.4 Å². The Balaban J connectivity index is 1.71. The molecule has 0 unspecified atom stereocenters. The molecule has 2 N–H and O–H groups in total. The van der Waals surface area contributed by atoms with Gasteiger partial charge in [0.2, 0.25) is 0 Å². The van der Waals surface area contributed by atoms with E-state index in [1.807, 2.05) is 0 Å². The van der Waals surface area contributed by atoms with E-state index in [1.165, 1.54) is 25.0 Å². The third kappa shape index (κ3) is 4.62. The number of nitrogens with one attached hydrogen (secondary N) is 2. The van der Waals surface area contributed by atoms with Gasteiger partial charge in [0.25, 0.3) is 15.9 Å². The normalized spacial score (nSPS) is 16.0. The Labute approximate surface area is 158 Å². The molecule has 0 radical (unpaired) electrons. The average Bonchev–Trinajstić information content (AvgIpc) is 2.81. The number of carbonyl (C=O) groups excluding carboxylic acids is 1. The standard InChI is InChI=1S/C18H23N3O3S2/c1-13-16(17(22)20-14-9-5-2-3-6-10-14)25-18(19-13)21-26(23,24)15-11-7-4-8-12-15/h4,7-8,11-12,14H,2-3,5-6,9-10H2,1H3,(H,19,21)(H,20,22). The van der Waals surface area contributed by atoms with Crippen molar-refractivity contribution in [2.45, 2.75) is 56.4 Å². The second-order valence-corrected chi connectivity index (χ2v) is 9.20. The Morgan fingerprint density at radius 1 is 1.12 bits per heavy atom. The smallest absolute Gasteiger partial charge is 0.263 e. The topological polar surface area (TPSA) is 88.2 Å². The van der Waals surface area contributed by atoms with E-state index in [0.717, 1.165) is 37.0 Å². The zero-order valence-corrected chi connectivity index (χ0v) is 16.3. The summed E-state index contributed by atoms with van der Waals surface area (Å²) < 4.78 is 27.3. The molecule has 0 atom stereocenters. The first kappa shape index (κ1) is 18.8. The first-order chi connectivity index (χ1) is 12.5. The minimum absolute atomic E-state index is 0.164. The second kappa shape index (κ2) is 8.18. The van der Waals surface area contributed by atoms with Crippen LogP contribution in [0.25, 0.3) is 0 Å². The van der Waals surface area contributed by atoms with E-state index in [-0.39, 0.29) is 22.0 Å². The van der Waals surface area contributed by atoms with Gasteiger partial charge in [0.15, 0.2) is 5.13 Å². The number of nitrogens with zero attached hydrogens (tertiary/aromatic N) is 1. The fraction of sp³-hybridized carbons (Fsp3) is 0.444. The van der Waals surface area contributed by atoms with Crippen molar-refractivity contribution in [3.8, 4) is 0 Å². The lowest BCUT2D eigenvalue weighted by Gasteiger charge is -2.15. The average molecular weight is 394 g/mol. The van der Waals surface area contributed by atoms with Crippen molar-refractivity contribution in [2.24, 2.45) is 0 Å². The summed E-state index contributed by atoms with van der Waals surface area (Å²) in [6.45, 7) is 1.72. The van der Waals surface area contributed by atoms with Gasteiger partial charge in [-0.15, -0.1) is 0 Å². The summed E-state index contributed by atoms with van der Waals surface area (Å²) >= 11 is 1.07. The third-order valence-electron chi connectivity index (χ3n) is 4.47. The van der Waals surface area contributed by atoms with Gasteiger partial charge in [-0.05, 0) is 31.9 Å². The summed E-state index contributed by atoms with van der Waals surface area (Å²) in [5.74, 6) is -0.169. The Morgan fingerprint density at radius 2 is 1.77 bits per heavy atom. The van der Waals surface area contributed by atoms with Crippen LogP contribution in [0.2, 0.25) is 0 Å². The highest BCUT2D eigenvalue weighted by molar-refractivity contribution is 7.93. The highest BCUT2D eigenvalue weighted by Gasteiger charge is 2.22. The van der Waals surface area contributed by atoms with Crippen LogP contribution in [-0.4, -0.2) is 25.4 Å². The Morgan fingerprint density at radius 3 is 2.42 bits per heavy atom. The number of aryl methyl sites for hydroxylation is 1. The number of hydrogen-bond acceptors (Lipinski definition) is 5. The lowest BCUT2D eigenvalue weighted by atomic mass is 10.1. The monoisotopic (exact) mass is 393 g/mol. The van der Waals surface area contributed by atoms with Gasteiger partial charge in [-0.25, -0.2) is 13.4 Å². The molecule has 1 aliphatic rings. The van der Waals surface area contributed by atoms with Crippen molar-refractivity contribution in [1.29, 1.82) is 0 Å². The van der Waals surface area contributed by atoms with Gasteiger partial charge in [0.1, 0.15) is 4.88 Å². The number of thiazole rings is 1. The number of aromatic nitrogens is 1. The molecule has 1 saturated carbocycles. The molecular formula is C18H23N3O3S2. The molecule has 1 amide bonds. The molecule has 140 valence electrons. The van der Waals surface area contributed by atoms with Crippen LogP contribution in [0.15, 0.2) is 35.2 Å². The zero-order valence-electron chi connectivity index (χ0n) is 14.7. The fourth-order valence-corrected chi connectivity index (χ4v) is 5.22. The van der Waals surface area contributed by atoms with Crippen LogP contribution < -0.4 is 10.0 Å². The molecule has 1 fully saturated rings. The highest BCUT2D eigenvalue weighted by Crippen LogP contribution is 2.26. The molecule has 6 nitrogen and oxygen atoms in total. The summed E-state index contributed by atoms with van der Waals surface area (Å²) in [6.07, 6.45) is 6.70. The predicted molar refractivity (Wildman–Crippen MR) is 103 cm³/mol. The minimum Gasteiger partial charge on any atom is -0.349 e. The first-order valence-electron chi connectivity index (χ1n) is 8.82. The number of benzene rings is 1. The lowest BCUT2D eigenvalue weighted by molar-refractivity contribution is 0.0936. The minimum atomic E-state index is -3.71. The number of rotatable bonds is 5. The van der Waals surface area contributed by atoms with E-state index in [1.54, 1.807) is 25.1 Å². The van der Waals surface area contributed by atoms with E-state index in [2.05, 4.69) is 15.0 Å². The molecule has 1 heterocycles. The highest BCUT2D eigenvalue weighted by atomic mass is 32.2. The summed E-state index contributed by atoms with van der Waals surface area (Å²) in [6, 6.07) is 8.30. The first-order valence-corrected chi connectivity index (χ1v) is 11.1. The maximum atomic E-state index is 12.6. The molecule has 8 heteroatoms. The van der Waals surface area contributed by atoms with E-state index in [0.29, 0.717) is 10.6 Å². The van der Waals surface area contributed by atoms with Crippen LogP contribution in [0.3, 0.4) is 0 Å². The largest absolute Gasteiger partial charge is 0.349 e. The van der Waals surface area contributed by atoms with Gasteiger partial charge >= 0.3 is 0 Å². The molecule has 2 aromatic rings. The van der Waals surface area contributed by atoms with Crippen LogP contribution in [-0.2, 0) is 10.0 Å². The number of sulfonamides is 1. The van der Waals surface area contributed by atoms with Gasteiger partial charge in [-0.2, -0.15) is 0 Å². The van der Waals surface area contributed by atoms with Gasteiger partial charge in [0, 0.05) is 6.04 Å². The molecule has 0 bridgehead atoms. The van der Waals surface area contributed by atoms with Crippen molar-refractivity contribution in [3.05, 3.63) is 40.9 Å². The Bertz CT molecular complexity index is 855. The molecule has 3 rings (SSSR count). The van der Waals surface area contributed by atoms with Crippen molar-refractivity contribution in [2.75, 3.05) is 4.72 Å². The lowest BCUT2D eigenvalue weighted by Crippen LogP contribution is -2.34. The molecule has 0 aliphatic heterocycles. The van der Waals surface area contributed by atoms with Crippen LogP contribution >= 0.6 is 11.3 Å². The van der Waals surface area contributed by atoms with Gasteiger partial charge in [-0.3, -0.25) is 9.52 Å². The quantitative estimate of drug-likeness (QED) is 0.758. The van der Waals surface area contributed by atoms with E-state index < -0.39 is 10.0 Å². The fourth-order valence-electron chi connectivity index (χ4n) is 3.10. The molecule has 1 aliphatic carbocycles. The van der Waals surface area contributed by atoms with Crippen molar-refractivity contribution < 1.29 is 13.2 Å². The van der Waals surface area contributed by atoms with Crippen LogP contribution in [0.5, 0.6) is 0 Å². The Kier molecular flexibility index (Phi) is 5.93. The van der Waals surface area contributed by atoms with Gasteiger partial charge in [-0.1, -0.05) is 55.2 Å². The van der Waals surface area contributed by atoms with E-state index in [9.17, 15) is 13.2 Å². The SMILES string of the molecule is Cc1nc(NS(=O)(=O)c2ccccc2)sc1C(=O)NC1CCCCCC1. The zero-order chi connectivity index (χ0) is 18.6. The third-order valence-corrected chi connectivity index (χ3v) is 7.02. The van der Waals surface area contributed by atoms with Crippen LogP contribution in [0, 0.1) is 6.92 Å². The summed E-state index contributed by atoms with van der Waals surface area (Å²) in [7, 11) is -3.71. The van der Waals surface area contributed by atoms with E-state index in [4.69, 9.17) is 0 Å². The van der Waals surface area contributed by atoms with Crippen LogP contribution in [0.1, 0.15) is 53.9 Å². The number of anilines is 1. The maximum Gasteiger partial charge on any atom is 0.263 e. The molecule has 1 aromatic carbocycles. The van der Waals surface area contributed by atoms with Crippen molar-refractivity contribution in [3.63, 3.8) is 0 Å². The number of carbonyl (C=O) groups is 1. The summed E-state index contributed by atoms with van der Waals surface area (Å²) in [5, 5.41) is 3.28. The number of amides is 1. The number of hydrogen-bond donors (Lipinski definition) is 2. The molecule has 0 saturated heterocycles. The molecule has 0 spiro atoms. The van der Waals surface area contributed by atoms with Crippen molar-refractivity contribution in [1.82, 2.24) is 10.3 Å². The Hall–Kier alpha value is -1.93. The molecule has 1 aromatic heterocycles. The van der Waals surface area contributed by atoms with Gasteiger partial charge in [0.05, 0.1) is 10.6 Å². The predicted octanol–water partition coefficient (Wildman–Crippen LogP) is 3.70. The molecular weight excluding hydrogens is 370 g/mol. The van der Waals surface area contributed by atoms with Gasteiger partial charge < -0.3 is 5.32 Å². The summed E-state index contributed by atoms with van der Waals surface area (Å²) in [4.78, 5) is 17.4. The summed E-state index contributed by atoms with van der Waals surface area (Å²) in [5.41, 5.74) is 0.534. The maximum absolute atomic E-state index is 12.6. The second-order valence-electron chi connectivity index (χ2n) is 6.51.